The second-order valence-corrected chi connectivity index (χ2v) is 6.74. The molecule has 0 aliphatic heterocycles. The molecule has 0 spiro atoms. The average molecular weight is 359 g/mol. The third-order valence-corrected chi connectivity index (χ3v) is 4.91. The van der Waals surface area contributed by atoms with E-state index in [-0.39, 0.29) is 15.4 Å². The molecule has 7 heteroatoms. The second-order valence-electron chi connectivity index (χ2n) is 3.90. The average Bonchev–Trinajstić information content (AvgIpc) is 2.38. The van der Waals surface area contributed by atoms with E-state index < -0.39 is 21.6 Å². The van der Waals surface area contributed by atoms with Crippen LogP contribution in [0.15, 0.2) is 56.7 Å². The van der Waals surface area contributed by atoms with E-state index in [2.05, 4.69) is 15.9 Å². The number of halogens is 2. The molecule has 0 saturated carbocycles. The fourth-order valence-corrected chi connectivity index (χ4v) is 3.44. The van der Waals surface area contributed by atoms with Gasteiger partial charge in [0.15, 0.2) is 0 Å². The minimum absolute atomic E-state index is 0.163. The zero-order valence-electron chi connectivity index (χ0n) is 9.88. The van der Waals surface area contributed by atoms with Crippen molar-refractivity contribution in [3.05, 3.63) is 58.3 Å². The summed E-state index contributed by atoms with van der Waals surface area (Å²) in [5.74, 6) is -1.93. The van der Waals surface area contributed by atoms with Crippen LogP contribution in [0.1, 0.15) is 10.4 Å². The second kappa shape index (κ2) is 5.34. The number of hydrogen-bond acceptors (Lipinski definition) is 3. The Morgan fingerprint density at radius 1 is 1.10 bits per heavy atom. The highest BCUT2D eigenvalue weighted by Crippen LogP contribution is 2.26. The Hall–Kier alpha value is -1.73. The van der Waals surface area contributed by atoms with Gasteiger partial charge in [0.25, 0.3) is 0 Å². The lowest BCUT2D eigenvalue weighted by molar-refractivity contribution is 0.0692. The van der Waals surface area contributed by atoms with Crippen molar-refractivity contribution in [3.8, 4) is 0 Å². The number of carboxylic acids is 1. The van der Waals surface area contributed by atoms with E-state index in [1.54, 1.807) is 0 Å². The van der Waals surface area contributed by atoms with Gasteiger partial charge in [-0.2, -0.15) is 0 Å². The van der Waals surface area contributed by atoms with Crippen LogP contribution in [0, 0.1) is 5.82 Å². The summed E-state index contributed by atoms with van der Waals surface area (Å²) < 4.78 is 38.1. The number of rotatable bonds is 3. The molecule has 0 aliphatic rings. The Balaban J connectivity index is 2.66. The fraction of sp³-hybridized carbons (Fsp3) is 0. The van der Waals surface area contributed by atoms with E-state index in [4.69, 9.17) is 5.11 Å². The quantitative estimate of drug-likeness (QED) is 0.855. The number of benzene rings is 2. The van der Waals surface area contributed by atoms with Crippen LogP contribution in [0.5, 0.6) is 0 Å². The fourth-order valence-electron chi connectivity index (χ4n) is 1.64. The van der Waals surface area contributed by atoms with Crippen LogP contribution in [-0.2, 0) is 9.84 Å². The minimum Gasteiger partial charge on any atom is -0.478 e. The summed E-state index contributed by atoms with van der Waals surface area (Å²) in [4.78, 5) is 10.7. The largest absolute Gasteiger partial charge is 0.478 e. The monoisotopic (exact) mass is 358 g/mol. The van der Waals surface area contributed by atoms with Gasteiger partial charge in [0.2, 0.25) is 9.84 Å². The Morgan fingerprint density at radius 3 is 2.25 bits per heavy atom. The first kappa shape index (κ1) is 14.7. The molecule has 0 heterocycles. The lowest BCUT2D eigenvalue weighted by atomic mass is 10.2. The van der Waals surface area contributed by atoms with Crippen molar-refractivity contribution in [1.82, 2.24) is 0 Å². The maximum Gasteiger partial charge on any atom is 0.337 e. The predicted octanol–water partition coefficient (Wildman–Crippen LogP) is 3.12. The zero-order valence-corrected chi connectivity index (χ0v) is 12.3. The molecule has 2 aromatic rings. The normalized spacial score (nSPS) is 11.3. The SMILES string of the molecule is O=C(O)c1cc(Br)ccc1S(=O)(=O)c1ccc(F)cc1. The summed E-state index contributed by atoms with van der Waals surface area (Å²) in [5.41, 5.74) is -0.344. The number of carboxylic acid groups (broad SMARTS) is 1. The van der Waals surface area contributed by atoms with Gasteiger partial charge in [-0.25, -0.2) is 17.6 Å². The molecule has 104 valence electrons. The zero-order chi connectivity index (χ0) is 14.9. The topological polar surface area (TPSA) is 71.4 Å². The van der Waals surface area contributed by atoms with E-state index in [1.165, 1.54) is 18.2 Å². The summed E-state index contributed by atoms with van der Waals surface area (Å²) in [6.07, 6.45) is 0. The molecule has 2 rings (SSSR count). The molecule has 0 atom stereocenters. The predicted molar refractivity (Wildman–Crippen MR) is 73.0 cm³/mol. The van der Waals surface area contributed by atoms with Crippen LogP contribution in [-0.4, -0.2) is 19.5 Å². The van der Waals surface area contributed by atoms with Gasteiger partial charge in [0.05, 0.1) is 15.4 Å². The van der Waals surface area contributed by atoms with Crippen LogP contribution >= 0.6 is 15.9 Å². The van der Waals surface area contributed by atoms with Crippen LogP contribution in [0.2, 0.25) is 0 Å². The molecule has 0 aliphatic carbocycles. The highest BCUT2D eigenvalue weighted by Gasteiger charge is 2.24. The van der Waals surface area contributed by atoms with Gasteiger partial charge in [-0.15, -0.1) is 0 Å². The number of aromatic carboxylic acids is 1. The molecule has 0 fully saturated rings. The molecule has 4 nitrogen and oxygen atoms in total. The van der Waals surface area contributed by atoms with E-state index in [0.717, 1.165) is 24.3 Å². The molecule has 0 aromatic heterocycles. The number of hydrogen-bond donors (Lipinski definition) is 1. The first-order valence-electron chi connectivity index (χ1n) is 5.36. The van der Waals surface area contributed by atoms with Crippen molar-refractivity contribution >= 4 is 31.7 Å². The Labute approximate surface area is 122 Å². The molecular weight excluding hydrogens is 351 g/mol. The molecule has 0 amide bonds. The van der Waals surface area contributed by atoms with Crippen LogP contribution in [0.3, 0.4) is 0 Å². The van der Waals surface area contributed by atoms with E-state index >= 15 is 0 Å². The number of carbonyl (C=O) groups is 1. The third-order valence-electron chi connectivity index (χ3n) is 2.59. The molecule has 1 N–H and O–H groups in total. The molecule has 0 radical (unpaired) electrons. The number of sulfone groups is 1. The standard InChI is InChI=1S/C13H8BrFO4S/c14-8-1-6-12(11(7-8)13(16)17)20(18,19)10-4-2-9(15)3-5-10/h1-7H,(H,16,17). The van der Waals surface area contributed by atoms with Crippen molar-refractivity contribution in [2.45, 2.75) is 9.79 Å². The first-order valence-corrected chi connectivity index (χ1v) is 7.63. The smallest absolute Gasteiger partial charge is 0.337 e. The van der Waals surface area contributed by atoms with Gasteiger partial charge < -0.3 is 5.11 Å². The minimum atomic E-state index is -4.02. The van der Waals surface area contributed by atoms with Crippen molar-refractivity contribution in [2.24, 2.45) is 0 Å². The van der Waals surface area contributed by atoms with Crippen molar-refractivity contribution < 1.29 is 22.7 Å². The van der Waals surface area contributed by atoms with Crippen molar-refractivity contribution in [1.29, 1.82) is 0 Å². The van der Waals surface area contributed by atoms with Gasteiger partial charge in [-0.1, -0.05) is 15.9 Å². The van der Waals surface area contributed by atoms with E-state index in [9.17, 15) is 17.6 Å². The summed E-state index contributed by atoms with van der Waals surface area (Å²) in [6.45, 7) is 0. The Bertz CT molecular complexity index is 769. The third kappa shape index (κ3) is 2.73. The summed E-state index contributed by atoms with van der Waals surface area (Å²) in [5, 5.41) is 9.10. The Kier molecular flexibility index (Phi) is 3.92. The molecule has 20 heavy (non-hydrogen) atoms. The van der Waals surface area contributed by atoms with Crippen molar-refractivity contribution in [2.75, 3.05) is 0 Å². The van der Waals surface area contributed by atoms with E-state index in [0.29, 0.717) is 4.47 Å². The lowest BCUT2D eigenvalue weighted by Crippen LogP contribution is -2.09. The summed E-state index contributed by atoms with van der Waals surface area (Å²) in [6, 6.07) is 8.04. The highest BCUT2D eigenvalue weighted by atomic mass is 79.9. The van der Waals surface area contributed by atoms with Crippen LogP contribution in [0.4, 0.5) is 4.39 Å². The molecule has 0 bridgehead atoms. The van der Waals surface area contributed by atoms with Crippen molar-refractivity contribution in [3.63, 3.8) is 0 Å². The van der Waals surface area contributed by atoms with Gasteiger partial charge in [0.1, 0.15) is 5.82 Å². The van der Waals surface area contributed by atoms with E-state index in [1.807, 2.05) is 0 Å². The Morgan fingerprint density at radius 2 is 1.70 bits per heavy atom. The maximum absolute atomic E-state index is 12.8. The molecule has 2 aromatic carbocycles. The maximum atomic E-state index is 12.8. The highest BCUT2D eigenvalue weighted by molar-refractivity contribution is 9.10. The molecule has 0 saturated heterocycles. The van der Waals surface area contributed by atoms with Gasteiger partial charge >= 0.3 is 5.97 Å². The van der Waals surface area contributed by atoms with Gasteiger partial charge in [-0.3, -0.25) is 0 Å². The summed E-state index contributed by atoms with van der Waals surface area (Å²) in [7, 11) is -4.02. The molecule has 0 unspecified atom stereocenters. The van der Waals surface area contributed by atoms with Crippen LogP contribution in [0.25, 0.3) is 0 Å². The summed E-state index contributed by atoms with van der Waals surface area (Å²) >= 11 is 3.09. The molecular formula is C13H8BrFO4S. The van der Waals surface area contributed by atoms with Gasteiger partial charge in [-0.05, 0) is 42.5 Å². The van der Waals surface area contributed by atoms with Crippen LogP contribution < -0.4 is 0 Å². The van der Waals surface area contributed by atoms with Gasteiger partial charge in [0, 0.05) is 4.47 Å². The first-order chi connectivity index (χ1) is 9.32. The lowest BCUT2D eigenvalue weighted by Gasteiger charge is -2.08.